The van der Waals surface area contributed by atoms with Gasteiger partial charge in [-0.05, 0) is 75.7 Å². The maximum absolute atomic E-state index is 14.4. The molecular formula is C32H36N2O6S. The zero-order valence-electron chi connectivity index (χ0n) is 23.8. The highest BCUT2D eigenvalue weighted by Crippen LogP contribution is 2.70. The van der Waals surface area contributed by atoms with Crippen molar-refractivity contribution in [1.82, 2.24) is 9.97 Å². The van der Waals surface area contributed by atoms with Gasteiger partial charge in [-0.25, -0.2) is 4.98 Å². The Balaban J connectivity index is 1.23. The number of rotatable bonds is 4. The average Bonchev–Trinajstić information content (AvgIpc) is 3.33. The van der Waals surface area contributed by atoms with Crippen LogP contribution in [0.5, 0.6) is 0 Å². The van der Waals surface area contributed by atoms with Gasteiger partial charge in [-0.3, -0.25) is 14.4 Å². The van der Waals surface area contributed by atoms with E-state index in [0.717, 1.165) is 18.4 Å². The molecule has 1 aromatic carbocycles. The van der Waals surface area contributed by atoms with Crippen molar-refractivity contribution in [2.45, 2.75) is 82.1 Å². The Kier molecular flexibility index (Phi) is 5.95. The number of hydrogen-bond acceptors (Lipinski definition) is 8. The summed E-state index contributed by atoms with van der Waals surface area (Å²) in [5.74, 6) is -0.777. The van der Waals surface area contributed by atoms with E-state index in [-0.39, 0.29) is 40.6 Å². The predicted octanol–water partition coefficient (Wildman–Crippen LogP) is 4.36. The zero-order chi connectivity index (χ0) is 28.9. The second-order valence-electron chi connectivity index (χ2n) is 13.4. The maximum Gasteiger partial charge on any atom is 0.259 e. The average molecular weight is 577 g/mol. The first-order valence-corrected chi connectivity index (χ1v) is 15.5. The van der Waals surface area contributed by atoms with Crippen LogP contribution in [0.15, 0.2) is 58.0 Å². The lowest BCUT2D eigenvalue weighted by atomic mass is 9.46. The minimum Gasteiger partial charge on any atom is -0.393 e. The number of aliphatic hydroxyl groups excluding tert-OH is 1. The van der Waals surface area contributed by atoms with E-state index in [9.17, 15) is 19.5 Å². The number of nitrogens with zero attached hydrogens (tertiary/aromatic N) is 1. The molecule has 7 rings (SSSR count). The lowest BCUT2D eigenvalue weighted by molar-refractivity contribution is -0.223. The molecule has 0 amide bonds. The highest BCUT2D eigenvalue weighted by Gasteiger charge is 2.76. The Morgan fingerprint density at radius 1 is 1.20 bits per heavy atom. The van der Waals surface area contributed by atoms with Crippen LogP contribution in [-0.2, 0) is 19.1 Å². The molecule has 216 valence electrons. The Bertz CT molecular complexity index is 1600. The quantitative estimate of drug-likeness (QED) is 0.407. The van der Waals surface area contributed by atoms with E-state index in [1.165, 1.54) is 11.8 Å². The number of ketones is 2. The second kappa shape index (κ2) is 8.96. The van der Waals surface area contributed by atoms with Gasteiger partial charge in [0.05, 0.1) is 28.9 Å². The molecule has 3 saturated carbocycles. The number of benzene rings is 1. The highest BCUT2D eigenvalue weighted by molar-refractivity contribution is 7.99. The Morgan fingerprint density at radius 2 is 1.98 bits per heavy atom. The van der Waals surface area contributed by atoms with Gasteiger partial charge >= 0.3 is 0 Å². The van der Waals surface area contributed by atoms with Crippen LogP contribution in [0.4, 0.5) is 0 Å². The van der Waals surface area contributed by atoms with Gasteiger partial charge in [0.25, 0.3) is 5.56 Å². The Hall–Kier alpha value is -2.59. The minimum absolute atomic E-state index is 0.00907. The Morgan fingerprint density at radius 3 is 2.78 bits per heavy atom. The number of para-hydroxylation sites is 1. The molecule has 4 fully saturated rings. The number of H-pyrrole nitrogens is 1. The van der Waals surface area contributed by atoms with Gasteiger partial charge in [0.1, 0.15) is 0 Å². The van der Waals surface area contributed by atoms with Crippen LogP contribution in [0.1, 0.15) is 53.4 Å². The third-order valence-corrected chi connectivity index (χ3v) is 11.7. The van der Waals surface area contributed by atoms with Crippen LogP contribution >= 0.6 is 11.8 Å². The van der Waals surface area contributed by atoms with Crippen molar-refractivity contribution in [3.8, 4) is 0 Å². The van der Waals surface area contributed by atoms with Crippen molar-refractivity contribution in [3.05, 3.63) is 58.4 Å². The first kappa shape index (κ1) is 27.3. The fraction of sp³-hybridized carbons (Fsp3) is 0.562. The minimum atomic E-state index is -1.23. The van der Waals surface area contributed by atoms with E-state index in [4.69, 9.17) is 9.47 Å². The van der Waals surface area contributed by atoms with Crippen molar-refractivity contribution in [3.63, 3.8) is 0 Å². The van der Waals surface area contributed by atoms with Gasteiger partial charge in [-0.2, -0.15) is 0 Å². The standard InChI is InChI=1S/C32H36N2O6S/c1-29(2)39-25-14-21-19-10-9-17-13-18(35)11-12-30(17,3)26(19)23(36)15-31(21,4)32(25,40-29)24(37)16-41-28-33-22-8-6-5-7-20(22)27(38)34-28/h5-8,11-13,19,21,23,25-26,36H,9-10,14-16H2,1-4H3,(H,33,34,38)/t19?,21?,23?,25-,26?,30?,31?,32-/m1/s1. The van der Waals surface area contributed by atoms with Gasteiger partial charge < -0.3 is 19.6 Å². The monoisotopic (exact) mass is 576 g/mol. The summed E-state index contributed by atoms with van der Waals surface area (Å²) in [4.78, 5) is 46.6. The van der Waals surface area contributed by atoms with Crippen LogP contribution < -0.4 is 5.56 Å². The molecule has 1 aromatic heterocycles. The van der Waals surface area contributed by atoms with Crippen LogP contribution in [0.2, 0.25) is 0 Å². The molecule has 0 radical (unpaired) electrons. The number of aliphatic hydroxyl groups is 1. The topological polar surface area (TPSA) is 119 Å². The summed E-state index contributed by atoms with van der Waals surface area (Å²) in [7, 11) is 0. The number of Topliss-reactive ketones (excluding diaryl/α,β-unsaturated/α-hetero) is 1. The van der Waals surface area contributed by atoms with Crippen molar-refractivity contribution in [2.24, 2.45) is 28.6 Å². The molecule has 41 heavy (non-hydrogen) atoms. The number of hydrogen-bond donors (Lipinski definition) is 2. The van der Waals surface area contributed by atoms with Gasteiger partial charge in [0.15, 0.2) is 28.1 Å². The second-order valence-corrected chi connectivity index (χ2v) is 14.4. The molecule has 6 unspecified atom stereocenters. The van der Waals surface area contributed by atoms with Crippen molar-refractivity contribution >= 4 is 34.2 Å². The number of fused-ring (bicyclic) bond motifs is 8. The van der Waals surface area contributed by atoms with Gasteiger partial charge in [-0.15, -0.1) is 0 Å². The van der Waals surface area contributed by atoms with Gasteiger partial charge in [0, 0.05) is 16.7 Å². The maximum atomic E-state index is 14.4. The van der Waals surface area contributed by atoms with Gasteiger partial charge in [-0.1, -0.05) is 49.4 Å². The third kappa shape index (κ3) is 3.78. The number of carbonyl (C=O) groups is 2. The smallest absolute Gasteiger partial charge is 0.259 e. The first-order chi connectivity index (χ1) is 19.4. The fourth-order valence-electron chi connectivity index (χ4n) is 9.30. The van der Waals surface area contributed by atoms with Crippen molar-refractivity contribution in [2.75, 3.05) is 5.75 Å². The molecule has 2 heterocycles. The normalized spacial score (nSPS) is 40.5. The molecule has 8 nitrogen and oxygen atoms in total. The zero-order valence-corrected chi connectivity index (χ0v) is 24.6. The predicted molar refractivity (Wildman–Crippen MR) is 154 cm³/mol. The number of nitrogens with one attached hydrogen (secondary N) is 1. The summed E-state index contributed by atoms with van der Waals surface area (Å²) in [6.45, 7) is 7.94. The molecular weight excluding hydrogens is 540 g/mol. The summed E-state index contributed by atoms with van der Waals surface area (Å²) in [6, 6.07) is 7.13. The van der Waals surface area contributed by atoms with E-state index in [1.54, 1.807) is 30.4 Å². The lowest BCUT2D eigenvalue weighted by Gasteiger charge is -2.60. The molecule has 8 atom stereocenters. The fourth-order valence-corrected chi connectivity index (χ4v) is 10.1. The summed E-state index contributed by atoms with van der Waals surface area (Å²) < 4.78 is 13.2. The molecule has 9 heteroatoms. The summed E-state index contributed by atoms with van der Waals surface area (Å²) in [5.41, 5.74) is -0.839. The largest absolute Gasteiger partial charge is 0.393 e. The third-order valence-electron chi connectivity index (χ3n) is 10.8. The number of aromatic nitrogens is 2. The molecule has 0 spiro atoms. The van der Waals surface area contributed by atoms with Crippen LogP contribution in [0, 0.1) is 28.6 Å². The van der Waals surface area contributed by atoms with Gasteiger partial charge in [0.2, 0.25) is 0 Å². The van der Waals surface area contributed by atoms with E-state index in [2.05, 4.69) is 23.8 Å². The number of thioether (sulfide) groups is 1. The number of allylic oxidation sites excluding steroid dienone is 4. The molecule has 1 saturated heterocycles. The summed E-state index contributed by atoms with van der Waals surface area (Å²) >= 11 is 1.20. The molecule has 5 aliphatic rings. The van der Waals surface area contributed by atoms with E-state index < -0.39 is 34.4 Å². The van der Waals surface area contributed by atoms with E-state index in [1.807, 2.05) is 26.0 Å². The van der Waals surface area contributed by atoms with Crippen LogP contribution in [0.25, 0.3) is 10.9 Å². The molecule has 4 aliphatic carbocycles. The molecule has 1 aliphatic heterocycles. The molecule has 0 bridgehead atoms. The van der Waals surface area contributed by atoms with Crippen molar-refractivity contribution < 1.29 is 24.2 Å². The summed E-state index contributed by atoms with van der Waals surface area (Å²) in [5, 5.41) is 12.8. The van der Waals surface area contributed by atoms with Crippen LogP contribution in [0.3, 0.4) is 0 Å². The SMILES string of the molecule is CC1(C)O[C@@H]2CC3C4CCC5=CC(=O)C=CC5(C)C4C(O)CC3(C)[C@]2(C(=O)CSc2nc3ccccc3c(=O)[nH]2)O1. The summed E-state index contributed by atoms with van der Waals surface area (Å²) in [6.07, 6.45) is 6.99. The highest BCUT2D eigenvalue weighted by atomic mass is 32.2. The molecule has 2 aromatic rings. The lowest BCUT2D eigenvalue weighted by Crippen LogP contribution is -2.63. The first-order valence-electron chi connectivity index (χ1n) is 14.5. The van der Waals surface area contributed by atoms with Crippen molar-refractivity contribution in [1.29, 1.82) is 0 Å². The Labute approximate surface area is 243 Å². The van der Waals surface area contributed by atoms with Crippen LogP contribution in [-0.4, -0.2) is 56.0 Å². The number of ether oxygens (including phenoxy) is 2. The number of aromatic amines is 1. The van der Waals surface area contributed by atoms with E-state index >= 15 is 0 Å². The number of carbonyl (C=O) groups excluding carboxylic acids is 2. The van der Waals surface area contributed by atoms with E-state index in [0.29, 0.717) is 28.9 Å². The molecule has 2 N–H and O–H groups in total.